The largest absolute Gasteiger partial charge is 0.489 e. The normalized spacial score (nSPS) is 16.8. The van der Waals surface area contributed by atoms with Gasteiger partial charge in [-0.1, -0.05) is 30.3 Å². The van der Waals surface area contributed by atoms with Crippen LogP contribution in [0.4, 0.5) is 5.69 Å². The maximum atomic E-state index is 12.2. The van der Waals surface area contributed by atoms with E-state index < -0.39 is 6.10 Å². The van der Waals surface area contributed by atoms with Gasteiger partial charge in [0, 0.05) is 33.2 Å². The van der Waals surface area contributed by atoms with Crippen LogP contribution in [0.15, 0.2) is 42.5 Å². The Balaban J connectivity index is 1.22. The predicted molar refractivity (Wildman–Crippen MR) is 115 cm³/mol. The molecule has 2 aliphatic heterocycles. The third-order valence-corrected chi connectivity index (χ3v) is 5.60. The molecule has 2 aromatic rings. The summed E-state index contributed by atoms with van der Waals surface area (Å²) in [6, 6.07) is 14.0. The first kappa shape index (κ1) is 20.5. The molecular formula is C23H29N3O4. The summed E-state index contributed by atoms with van der Waals surface area (Å²) < 4.78 is 11.4. The number of nitrogens with zero attached hydrogens (tertiary/aromatic N) is 2. The fraction of sp³-hybridized carbons (Fsp3) is 0.435. The quantitative estimate of drug-likeness (QED) is 0.718. The van der Waals surface area contributed by atoms with Crippen molar-refractivity contribution < 1.29 is 19.4 Å². The number of fused-ring (bicyclic) bond motifs is 2. The molecule has 7 heteroatoms. The van der Waals surface area contributed by atoms with Crippen LogP contribution in [-0.4, -0.2) is 68.5 Å². The zero-order valence-electron chi connectivity index (χ0n) is 17.3. The van der Waals surface area contributed by atoms with Gasteiger partial charge in [0.25, 0.3) is 5.91 Å². The Morgan fingerprint density at radius 2 is 2.03 bits per heavy atom. The van der Waals surface area contributed by atoms with Crippen LogP contribution < -0.4 is 19.7 Å². The standard InChI is InChI=1S/C23H29N3O4/c1-25-11-12-29-20-7-4-8-21(23(20)25)30-16-22(28)24-13-19(27)15-26-10-9-17-5-2-3-6-18(17)14-26/h2-8,19,27H,9-16H2,1H3,(H,24,28). The Kier molecular flexibility index (Phi) is 6.40. The number of nitrogens with one attached hydrogen (secondary N) is 1. The summed E-state index contributed by atoms with van der Waals surface area (Å²) in [4.78, 5) is 16.5. The van der Waals surface area contributed by atoms with Crippen LogP contribution in [0.2, 0.25) is 0 Å². The summed E-state index contributed by atoms with van der Waals surface area (Å²) >= 11 is 0. The van der Waals surface area contributed by atoms with Gasteiger partial charge in [-0.15, -0.1) is 0 Å². The Morgan fingerprint density at radius 1 is 1.20 bits per heavy atom. The lowest BCUT2D eigenvalue weighted by Crippen LogP contribution is -2.43. The van der Waals surface area contributed by atoms with Crippen LogP contribution in [0.3, 0.4) is 0 Å². The van der Waals surface area contributed by atoms with E-state index in [2.05, 4.69) is 33.3 Å². The fourth-order valence-corrected chi connectivity index (χ4v) is 4.01. The minimum Gasteiger partial charge on any atom is -0.489 e. The highest BCUT2D eigenvalue weighted by Crippen LogP contribution is 2.39. The maximum Gasteiger partial charge on any atom is 0.258 e. The highest BCUT2D eigenvalue weighted by molar-refractivity contribution is 5.78. The molecule has 0 bridgehead atoms. The molecule has 0 fully saturated rings. The number of benzene rings is 2. The minimum atomic E-state index is -0.622. The number of rotatable bonds is 7. The number of ether oxygens (including phenoxy) is 2. The van der Waals surface area contributed by atoms with Gasteiger partial charge < -0.3 is 24.8 Å². The number of β-amino-alcohol motifs (C(OH)–C–C–N with tert-alkyl or cyclic N) is 1. The molecule has 2 aliphatic rings. The van der Waals surface area contributed by atoms with Gasteiger partial charge in [0.2, 0.25) is 0 Å². The average Bonchev–Trinajstić information content (AvgIpc) is 2.76. The SMILES string of the molecule is CN1CCOc2cccc(OCC(=O)NCC(O)CN3CCc4ccccc4C3)c21. The number of carbonyl (C=O) groups is 1. The molecule has 0 saturated heterocycles. The van der Waals surface area contributed by atoms with Crippen molar-refractivity contribution in [3.63, 3.8) is 0 Å². The second-order valence-electron chi connectivity index (χ2n) is 7.87. The lowest BCUT2D eigenvalue weighted by molar-refractivity contribution is -0.123. The highest BCUT2D eigenvalue weighted by Gasteiger charge is 2.21. The average molecular weight is 412 g/mol. The van der Waals surface area contributed by atoms with Crippen LogP contribution >= 0.6 is 0 Å². The number of carbonyl (C=O) groups excluding carboxylic acids is 1. The first-order valence-corrected chi connectivity index (χ1v) is 10.4. The molecule has 2 heterocycles. The van der Waals surface area contributed by atoms with Crippen LogP contribution in [-0.2, 0) is 17.8 Å². The van der Waals surface area contributed by atoms with E-state index in [0.29, 0.717) is 18.9 Å². The van der Waals surface area contributed by atoms with Crippen molar-refractivity contribution in [2.45, 2.75) is 19.1 Å². The summed E-state index contributed by atoms with van der Waals surface area (Å²) in [5.74, 6) is 1.13. The van der Waals surface area contributed by atoms with E-state index in [1.54, 1.807) is 0 Å². The second kappa shape index (κ2) is 9.36. The van der Waals surface area contributed by atoms with E-state index in [0.717, 1.165) is 37.5 Å². The lowest BCUT2D eigenvalue weighted by Gasteiger charge is -2.30. The van der Waals surface area contributed by atoms with Crippen molar-refractivity contribution in [3.05, 3.63) is 53.6 Å². The molecule has 160 valence electrons. The Labute approximate surface area is 177 Å². The van der Waals surface area contributed by atoms with Gasteiger partial charge in [-0.3, -0.25) is 9.69 Å². The van der Waals surface area contributed by atoms with E-state index in [9.17, 15) is 9.90 Å². The number of anilines is 1. The number of para-hydroxylation sites is 1. The molecular weight excluding hydrogens is 382 g/mol. The number of likely N-dealkylation sites (N-methyl/N-ethyl adjacent to an activating group) is 1. The van der Waals surface area contributed by atoms with Crippen LogP contribution in [0.1, 0.15) is 11.1 Å². The predicted octanol–water partition coefficient (Wildman–Crippen LogP) is 1.43. The van der Waals surface area contributed by atoms with Gasteiger partial charge in [-0.05, 0) is 29.7 Å². The van der Waals surface area contributed by atoms with Gasteiger partial charge in [0.1, 0.15) is 23.8 Å². The van der Waals surface area contributed by atoms with Gasteiger partial charge in [-0.2, -0.15) is 0 Å². The van der Waals surface area contributed by atoms with Gasteiger partial charge >= 0.3 is 0 Å². The van der Waals surface area contributed by atoms with Gasteiger partial charge in [0.05, 0.1) is 12.6 Å². The topological polar surface area (TPSA) is 74.3 Å². The van der Waals surface area contributed by atoms with E-state index in [1.165, 1.54) is 11.1 Å². The van der Waals surface area contributed by atoms with Crippen LogP contribution in [0.25, 0.3) is 0 Å². The molecule has 1 amide bonds. The van der Waals surface area contributed by atoms with Crippen LogP contribution in [0, 0.1) is 0 Å². The van der Waals surface area contributed by atoms with E-state index in [1.807, 2.05) is 31.3 Å². The molecule has 7 nitrogen and oxygen atoms in total. The summed E-state index contributed by atoms with van der Waals surface area (Å²) in [7, 11) is 1.98. The van der Waals surface area contributed by atoms with Crippen molar-refractivity contribution in [2.75, 3.05) is 51.3 Å². The fourth-order valence-electron chi connectivity index (χ4n) is 4.01. The van der Waals surface area contributed by atoms with Crippen molar-refractivity contribution in [1.82, 2.24) is 10.2 Å². The number of aliphatic hydroxyl groups is 1. The maximum absolute atomic E-state index is 12.2. The van der Waals surface area contributed by atoms with Crippen molar-refractivity contribution in [2.24, 2.45) is 0 Å². The summed E-state index contributed by atoms with van der Waals surface area (Å²) in [5, 5.41) is 13.1. The number of amides is 1. The lowest BCUT2D eigenvalue weighted by atomic mass is 10.00. The molecule has 2 N–H and O–H groups in total. The van der Waals surface area contributed by atoms with Gasteiger partial charge in [-0.25, -0.2) is 0 Å². The van der Waals surface area contributed by atoms with Gasteiger partial charge in [0.15, 0.2) is 6.61 Å². The Morgan fingerprint density at radius 3 is 2.90 bits per heavy atom. The van der Waals surface area contributed by atoms with Crippen LogP contribution in [0.5, 0.6) is 11.5 Å². The molecule has 0 aromatic heterocycles. The van der Waals surface area contributed by atoms with Crippen molar-refractivity contribution >= 4 is 11.6 Å². The molecule has 4 rings (SSSR count). The van der Waals surface area contributed by atoms with Crippen molar-refractivity contribution in [3.8, 4) is 11.5 Å². The van der Waals surface area contributed by atoms with Crippen molar-refractivity contribution in [1.29, 1.82) is 0 Å². The molecule has 0 aliphatic carbocycles. The summed E-state index contributed by atoms with van der Waals surface area (Å²) in [6.45, 7) is 3.79. The smallest absolute Gasteiger partial charge is 0.258 e. The first-order chi connectivity index (χ1) is 14.6. The highest BCUT2D eigenvalue weighted by atomic mass is 16.5. The minimum absolute atomic E-state index is 0.103. The third-order valence-electron chi connectivity index (χ3n) is 5.60. The summed E-state index contributed by atoms with van der Waals surface area (Å²) in [5.41, 5.74) is 3.56. The number of aliphatic hydroxyl groups excluding tert-OH is 1. The monoisotopic (exact) mass is 411 g/mol. The first-order valence-electron chi connectivity index (χ1n) is 10.4. The zero-order chi connectivity index (χ0) is 20.9. The van der Waals surface area contributed by atoms with E-state index in [4.69, 9.17) is 9.47 Å². The summed E-state index contributed by atoms with van der Waals surface area (Å²) in [6.07, 6.45) is 0.367. The second-order valence-corrected chi connectivity index (χ2v) is 7.87. The third kappa shape index (κ3) is 4.86. The molecule has 2 aromatic carbocycles. The molecule has 30 heavy (non-hydrogen) atoms. The molecule has 0 saturated carbocycles. The number of hydrogen-bond acceptors (Lipinski definition) is 6. The van der Waals surface area contributed by atoms with E-state index in [-0.39, 0.29) is 19.1 Å². The number of hydrogen-bond donors (Lipinski definition) is 2. The zero-order valence-corrected chi connectivity index (χ0v) is 17.3. The van der Waals surface area contributed by atoms with E-state index >= 15 is 0 Å². The molecule has 0 spiro atoms. The molecule has 1 unspecified atom stereocenters. The Hall–Kier alpha value is -2.77. The Bertz CT molecular complexity index is 889. The molecule has 0 radical (unpaired) electrons. The molecule has 1 atom stereocenters.